The van der Waals surface area contributed by atoms with Crippen LogP contribution in [0.4, 0.5) is 4.79 Å². The highest BCUT2D eigenvalue weighted by atomic mass is 16.4. The van der Waals surface area contributed by atoms with Crippen molar-refractivity contribution in [1.29, 1.82) is 0 Å². The molecule has 1 fully saturated rings. The monoisotopic (exact) mass is 201 g/mol. The number of nitrogens with two attached hydrogens (primary N) is 1. The number of aliphatic carboxylic acids is 1. The molecular weight excluding hydrogens is 186 g/mol. The van der Waals surface area contributed by atoms with Crippen LogP contribution >= 0.6 is 0 Å². The number of hydrogen-bond donors (Lipinski definition) is 4. The molecule has 1 saturated carbocycles. The van der Waals surface area contributed by atoms with Crippen LogP contribution in [0.25, 0.3) is 0 Å². The molecule has 0 radical (unpaired) electrons. The van der Waals surface area contributed by atoms with Crippen LogP contribution in [0.1, 0.15) is 12.8 Å². The van der Waals surface area contributed by atoms with Crippen molar-refractivity contribution in [3.8, 4) is 0 Å². The van der Waals surface area contributed by atoms with Crippen LogP contribution in [0.5, 0.6) is 0 Å². The predicted molar refractivity (Wildman–Crippen MR) is 49.7 cm³/mol. The molecule has 0 aliphatic heterocycles. The highest BCUT2D eigenvalue weighted by molar-refractivity contribution is 5.72. The first-order valence-electron chi connectivity index (χ1n) is 4.60. The fraction of sp³-hybridized carbons (Fsp3) is 0.750. The molecule has 0 bridgehead atoms. The Morgan fingerprint density at radius 2 is 2.07 bits per heavy atom. The summed E-state index contributed by atoms with van der Waals surface area (Å²) < 4.78 is 0. The molecule has 0 heterocycles. The van der Waals surface area contributed by atoms with E-state index < -0.39 is 12.0 Å². The summed E-state index contributed by atoms with van der Waals surface area (Å²) >= 11 is 0. The zero-order chi connectivity index (χ0) is 10.6. The van der Waals surface area contributed by atoms with Gasteiger partial charge in [-0.15, -0.1) is 0 Å². The van der Waals surface area contributed by atoms with Gasteiger partial charge in [0, 0.05) is 19.1 Å². The van der Waals surface area contributed by atoms with Crippen molar-refractivity contribution in [1.82, 2.24) is 10.6 Å². The normalized spacial score (nSPS) is 25.1. The summed E-state index contributed by atoms with van der Waals surface area (Å²) in [5.41, 5.74) is 4.86. The topological polar surface area (TPSA) is 104 Å². The molecule has 0 aromatic heterocycles. The second-order valence-electron chi connectivity index (χ2n) is 3.37. The maximum Gasteiger partial charge on any atom is 0.312 e. The van der Waals surface area contributed by atoms with Gasteiger partial charge in [0.15, 0.2) is 0 Å². The van der Waals surface area contributed by atoms with Gasteiger partial charge in [0.1, 0.15) is 0 Å². The first-order chi connectivity index (χ1) is 6.61. The Labute approximate surface area is 81.8 Å². The summed E-state index contributed by atoms with van der Waals surface area (Å²) in [6.07, 6.45) is 1.61. The minimum atomic E-state index is -0.753. The molecule has 1 aliphatic carbocycles. The van der Waals surface area contributed by atoms with Gasteiger partial charge in [0.25, 0.3) is 0 Å². The Hall–Kier alpha value is -1.30. The minimum Gasteiger partial charge on any atom is -0.481 e. The number of carboxylic acid groups (broad SMARTS) is 1. The standard InChI is InChI=1S/C8H15N3O3/c9-8(14)11-4-3-10-6-2-1-5(6)7(12)13/h5-6,10H,1-4H2,(H,12,13)(H3,9,11,14). The van der Waals surface area contributed by atoms with Crippen molar-refractivity contribution in [3.63, 3.8) is 0 Å². The Morgan fingerprint density at radius 1 is 1.36 bits per heavy atom. The van der Waals surface area contributed by atoms with Gasteiger partial charge in [-0.3, -0.25) is 4.79 Å². The molecule has 14 heavy (non-hydrogen) atoms. The third-order valence-electron chi connectivity index (χ3n) is 2.42. The highest BCUT2D eigenvalue weighted by Gasteiger charge is 2.35. The molecule has 80 valence electrons. The van der Waals surface area contributed by atoms with E-state index >= 15 is 0 Å². The molecule has 0 aromatic carbocycles. The number of nitrogens with one attached hydrogen (secondary N) is 2. The smallest absolute Gasteiger partial charge is 0.312 e. The molecule has 1 aliphatic rings. The lowest BCUT2D eigenvalue weighted by Crippen LogP contribution is -2.49. The number of rotatable bonds is 5. The van der Waals surface area contributed by atoms with E-state index in [4.69, 9.17) is 10.8 Å². The predicted octanol–water partition coefficient (Wildman–Crippen LogP) is -0.892. The van der Waals surface area contributed by atoms with Gasteiger partial charge >= 0.3 is 12.0 Å². The zero-order valence-corrected chi connectivity index (χ0v) is 7.82. The van der Waals surface area contributed by atoms with Crippen LogP contribution in [0.2, 0.25) is 0 Å². The molecule has 6 nitrogen and oxygen atoms in total. The molecular formula is C8H15N3O3. The number of carbonyl (C=O) groups is 2. The van der Waals surface area contributed by atoms with E-state index in [1.54, 1.807) is 0 Å². The summed E-state index contributed by atoms with van der Waals surface area (Å²) in [6, 6.07) is -0.516. The van der Waals surface area contributed by atoms with Crippen molar-refractivity contribution < 1.29 is 14.7 Å². The van der Waals surface area contributed by atoms with Gasteiger partial charge in [0.05, 0.1) is 5.92 Å². The highest BCUT2D eigenvalue weighted by Crippen LogP contribution is 2.27. The van der Waals surface area contributed by atoms with Crippen molar-refractivity contribution in [2.45, 2.75) is 18.9 Å². The van der Waals surface area contributed by atoms with E-state index in [0.29, 0.717) is 13.1 Å². The van der Waals surface area contributed by atoms with Gasteiger partial charge in [-0.25, -0.2) is 4.79 Å². The van der Waals surface area contributed by atoms with Crippen LogP contribution in [-0.4, -0.2) is 36.2 Å². The number of urea groups is 1. The van der Waals surface area contributed by atoms with Gasteiger partial charge in [-0.05, 0) is 12.8 Å². The summed E-state index contributed by atoms with van der Waals surface area (Å²) in [7, 11) is 0. The summed E-state index contributed by atoms with van der Waals surface area (Å²) in [5.74, 6) is -1.03. The molecule has 2 atom stereocenters. The van der Waals surface area contributed by atoms with Crippen molar-refractivity contribution in [2.75, 3.05) is 13.1 Å². The average molecular weight is 201 g/mol. The quantitative estimate of drug-likeness (QED) is 0.433. The van der Waals surface area contributed by atoms with Crippen LogP contribution in [0.15, 0.2) is 0 Å². The number of amides is 2. The van der Waals surface area contributed by atoms with E-state index in [1.165, 1.54) is 0 Å². The van der Waals surface area contributed by atoms with E-state index in [9.17, 15) is 9.59 Å². The van der Waals surface area contributed by atoms with Crippen LogP contribution in [0.3, 0.4) is 0 Å². The summed E-state index contributed by atoms with van der Waals surface area (Å²) in [4.78, 5) is 20.9. The maximum atomic E-state index is 10.6. The van der Waals surface area contributed by atoms with Crippen LogP contribution in [0, 0.1) is 5.92 Å². The van der Waals surface area contributed by atoms with E-state index in [1.807, 2.05) is 0 Å². The average Bonchev–Trinajstić information content (AvgIpc) is 1.99. The first kappa shape index (κ1) is 10.8. The lowest BCUT2D eigenvalue weighted by molar-refractivity contribution is -0.146. The SMILES string of the molecule is NC(=O)NCCNC1CCC1C(=O)O. The Bertz CT molecular complexity index is 232. The molecule has 0 aromatic rings. The lowest BCUT2D eigenvalue weighted by Gasteiger charge is -2.34. The number of primary amides is 1. The molecule has 2 unspecified atom stereocenters. The second-order valence-corrected chi connectivity index (χ2v) is 3.37. The van der Waals surface area contributed by atoms with Gasteiger partial charge in [0.2, 0.25) is 0 Å². The van der Waals surface area contributed by atoms with Crippen molar-refractivity contribution in [3.05, 3.63) is 0 Å². The summed E-state index contributed by atoms with van der Waals surface area (Å²) in [6.45, 7) is 0.982. The number of carbonyl (C=O) groups excluding carboxylic acids is 1. The third kappa shape index (κ3) is 2.88. The van der Waals surface area contributed by atoms with Gasteiger partial charge in [-0.1, -0.05) is 0 Å². The second kappa shape index (κ2) is 4.80. The molecule has 5 N–H and O–H groups in total. The van der Waals surface area contributed by atoms with E-state index in [2.05, 4.69) is 10.6 Å². The third-order valence-corrected chi connectivity index (χ3v) is 2.42. The van der Waals surface area contributed by atoms with E-state index in [-0.39, 0.29) is 12.0 Å². The van der Waals surface area contributed by atoms with Crippen molar-refractivity contribution >= 4 is 12.0 Å². The van der Waals surface area contributed by atoms with Crippen LogP contribution in [-0.2, 0) is 4.79 Å². The van der Waals surface area contributed by atoms with Crippen LogP contribution < -0.4 is 16.4 Å². The number of carboxylic acids is 1. The Kier molecular flexibility index (Phi) is 3.70. The Morgan fingerprint density at radius 3 is 2.50 bits per heavy atom. The van der Waals surface area contributed by atoms with Gasteiger partial charge in [-0.2, -0.15) is 0 Å². The van der Waals surface area contributed by atoms with Crippen molar-refractivity contribution in [2.24, 2.45) is 11.7 Å². The number of hydrogen-bond acceptors (Lipinski definition) is 3. The molecule has 2 amide bonds. The van der Waals surface area contributed by atoms with E-state index in [0.717, 1.165) is 12.8 Å². The summed E-state index contributed by atoms with van der Waals surface area (Å²) in [5, 5.41) is 14.2. The molecule has 0 spiro atoms. The minimum absolute atomic E-state index is 0.0437. The molecule has 6 heteroatoms. The largest absolute Gasteiger partial charge is 0.481 e. The Balaban J connectivity index is 2.07. The first-order valence-corrected chi connectivity index (χ1v) is 4.60. The lowest BCUT2D eigenvalue weighted by atomic mass is 9.79. The maximum absolute atomic E-state index is 10.6. The molecule has 1 rings (SSSR count). The fourth-order valence-electron chi connectivity index (χ4n) is 1.48. The molecule has 0 saturated heterocycles. The van der Waals surface area contributed by atoms with Gasteiger partial charge < -0.3 is 21.5 Å². The fourth-order valence-corrected chi connectivity index (χ4v) is 1.48. The zero-order valence-electron chi connectivity index (χ0n) is 7.82.